The molecule has 2 fully saturated rings. The van der Waals surface area contributed by atoms with Crippen LogP contribution in [0.1, 0.15) is 64.2 Å². The molecule has 1 N–H and O–H groups in total. The number of aliphatic carboxylic acids is 1. The van der Waals surface area contributed by atoms with Crippen LogP contribution in [-0.4, -0.2) is 73.4 Å². The third-order valence-electron chi connectivity index (χ3n) is 7.18. The highest BCUT2D eigenvalue weighted by Crippen LogP contribution is 2.39. The highest BCUT2D eigenvalue weighted by molar-refractivity contribution is 5.92. The zero-order valence-electron chi connectivity index (χ0n) is 18.4. The Morgan fingerprint density at radius 1 is 0.967 bits per heavy atom. The molecule has 1 amide bonds. The zero-order chi connectivity index (χ0) is 21.7. The van der Waals surface area contributed by atoms with Gasteiger partial charge in [0.15, 0.2) is 0 Å². The molecule has 0 spiro atoms. The van der Waals surface area contributed by atoms with E-state index in [9.17, 15) is 9.59 Å². The molecule has 4 unspecified atom stereocenters. The van der Waals surface area contributed by atoms with Crippen LogP contribution >= 0.6 is 0 Å². The summed E-state index contributed by atoms with van der Waals surface area (Å²) >= 11 is 0. The first-order valence-electron chi connectivity index (χ1n) is 11.2. The number of carboxylic acids is 1. The van der Waals surface area contributed by atoms with Gasteiger partial charge in [-0.3, -0.25) is 9.59 Å². The molecule has 0 aromatic carbocycles. The smallest absolute Gasteiger partial charge is 0.303 e. The maximum atomic E-state index is 12.9. The van der Waals surface area contributed by atoms with E-state index in [1.54, 1.807) is 26.3 Å². The van der Waals surface area contributed by atoms with Gasteiger partial charge in [0.2, 0.25) is 5.91 Å². The van der Waals surface area contributed by atoms with Gasteiger partial charge in [-0.1, -0.05) is 0 Å². The van der Waals surface area contributed by atoms with Crippen LogP contribution in [0.4, 0.5) is 0 Å². The van der Waals surface area contributed by atoms with E-state index in [4.69, 9.17) is 24.4 Å². The topological polar surface area (TPSA) is 97.7 Å². The van der Waals surface area contributed by atoms with Crippen LogP contribution < -0.4 is 0 Å². The van der Waals surface area contributed by atoms with Crippen LogP contribution in [0.25, 0.3) is 0 Å². The maximum absolute atomic E-state index is 12.9. The van der Waals surface area contributed by atoms with Gasteiger partial charge in [0.05, 0.1) is 30.8 Å². The van der Waals surface area contributed by atoms with E-state index in [2.05, 4.69) is 0 Å². The minimum absolute atomic E-state index is 0.00680. The van der Waals surface area contributed by atoms with Gasteiger partial charge in [-0.15, -0.1) is 0 Å². The van der Waals surface area contributed by atoms with E-state index in [0.29, 0.717) is 12.0 Å². The van der Waals surface area contributed by atoms with Crippen molar-refractivity contribution >= 4 is 17.6 Å². The lowest BCUT2D eigenvalue weighted by atomic mass is 9.77. The van der Waals surface area contributed by atoms with E-state index in [1.807, 2.05) is 0 Å². The van der Waals surface area contributed by atoms with Gasteiger partial charge in [-0.25, -0.2) is 5.01 Å². The number of ether oxygens (including phenoxy) is 3. The molecule has 1 aliphatic heterocycles. The summed E-state index contributed by atoms with van der Waals surface area (Å²) in [7, 11) is 5.19. The Morgan fingerprint density at radius 3 is 2.27 bits per heavy atom. The van der Waals surface area contributed by atoms with E-state index >= 15 is 0 Å². The number of hydrogen-bond acceptors (Lipinski definition) is 6. The van der Waals surface area contributed by atoms with Crippen LogP contribution in [0.15, 0.2) is 5.10 Å². The molecular formula is C22H36N2O6. The third kappa shape index (κ3) is 5.39. The summed E-state index contributed by atoms with van der Waals surface area (Å²) in [4.78, 5) is 23.8. The predicted octanol–water partition coefficient (Wildman–Crippen LogP) is 2.84. The first-order chi connectivity index (χ1) is 14.5. The van der Waals surface area contributed by atoms with Gasteiger partial charge in [0.25, 0.3) is 0 Å². The number of carboxylic acid groups (broad SMARTS) is 1. The standard InChI is InChI=1S/C22H36N2O6/c1-28-16-7-4-14(5-8-16)18-13-17(23-24(18)21(25)10-11-22(26)27)15-6-9-19(29-2)20(12-15)30-3/h14-16,18-20H,4-13H2,1-3H3,(H,26,27). The molecule has 0 aromatic rings. The molecule has 2 saturated carbocycles. The molecule has 170 valence electrons. The molecule has 8 nitrogen and oxygen atoms in total. The van der Waals surface area contributed by atoms with E-state index in [1.165, 1.54) is 0 Å². The number of nitrogens with zero attached hydrogens (tertiary/aromatic N) is 2. The Hall–Kier alpha value is -1.51. The highest BCUT2D eigenvalue weighted by Gasteiger charge is 2.42. The number of hydrazone groups is 1. The number of hydrogen-bond donors (Lipinski definition) is 1. The van der Waals surface area contributed by atoms with Crippen LogP contribution in [0, 0.1) is 11.8 Å². The highest BCUT2D eigenvalue weighted by atomic mass is 16.5. The number of carbonyl (C=O) groups is 2. The second-order valence-electron chi connectivity index (χ2n) is 8.83. The number of amides is 1. The quantitative estimate of drug-likeness (QED) is 0.643. The Labute approximate surface area is 178 Å². The van der Waals surface area contributed by atoms with Crippen LogP contribution in [-0.2, 0) is 23.8 Å². The van der Waals surface area contributed by atoms with Crippen molar-refractivity contribution in [2.75, 3.05) is 21.3 Å². The fourth-order valence-electron chi connectivity index (χ4n) is 5.37. The average molecular weight is 425 g/mol. The van der Waals surface area contributed by atoms with E-state index in [0.717, 1.165) is 57.1 Å². The van der Waals surface area contributed by atoms with Crippen molar-refractivity contribution in [2.24, 2.45) is 16.9 Å². The largest absolute Gasteiger partial charge is 0.481 e. The van der Waals surface area contributed by atoms with E-state index in [-0.39, 0.29) is 42.9 Å². The first-order valence-corrected chi connectivity index (χ1v) is 11.2. The van der Waals surface area contributed by atoms with Crippen molar-refractivity contribution in [2.45, 2.75) is 88.6 Å². The Balaban J connectivity index is 1.72. The summed E-state index contributed by atoms with van der Waals surface area (Å²) in [5.41, 5.74) is 1.06. The monoisotopic (exact) mass is 424 g/mol. The normalized spacial score (nSPS) is 34.6. The first kappa shape index (κ1) is 23.2. The lowest BCUT2D eigenvalue weighted by molar-refractivity contribution is -0.142. The van der Waals surface area contributed by atoms with Crippen LogP contribution in [0.3, 0.4) is 0 Å². The average Bonchev–Trinajstić information content (AvgIpc) is 3.22. The van der Waals surface area contributed by atoms with Crippen LogP contribution in [0.2, 0.25) is 0 Å². The molecule has 3 aliphatic rings. The number of rotatable bonds is 8. The molecule has 0 radical (unpaired) electrons. The molecule has 0 saturated heterocycles. The molecule has 3 rings (SSSR count). The van der Waals surface area contributed by atoms with Crippen LogP contribution in [0.5, 0.6) is 0 Å². The van der Waals surface area contributed by atoms with E-state index < -0.39 is 5.97 Å². The van der Waals surface area contributed by atoms with Gasteiger partial charge in [-0.2, -0.15) is 5.10 Å². The third-order valence-corrected chi connectivity index (χ3v) is 7.18. The lowest BCUT2D eigenvalue weighted by Crippen LogP contribution is -2.41. The van der Waals surface area contributed by atoms with Crippen molar-refractivity contribution < 1.29 is 28.9 Å². The lowest BCUT2D eigenvalue weighted by Gasteiger charge is -2.35. The minimum Gasteiger partial charge on any atom is -0.481 e. The molecule has 30 heavy (non-hydrogen) atoms. The predicted molar refractivity (Wildman–Crippen MR) is 111 cm³/mol. The molecule has 1 heterocycles. The van der Waals surface area contributed by atoms with Crippen molar-refractivity contribution in [3.63, 3.8) is 0 Å². The van der Waals surface area contributed by atoms with Gasteiger partial charge in [-0.05, 0) is 50.9 Å². The van der Waals surface area contributed by atoms with Gasteiger partial charge in [0, 0.05) is 45.8 Å². The Bertz CT molecular complexity index is 631. The molecule has 4 atom stereocenters. The molecular weight excluding hydrogens is 388 g/mol. The summed E-state index contributed by atoms with van der Waals surface area (Å²) in [6, 6.07) is 0.0280. The van der Waals surface area contributed by atoms with Crippen molar-refractivity contribution in [3.05, 3.63) is 0 Å². The molecule has 0 aromatic heterocycles. The summed E-state index contributed by atoms with van der Waals surface area (Å²) < 4.78 is 16.7. The van der Waals surface area contributed by atoms with Gasteiger partial charge < -0.3 is 19.3 Å². The Kier molecular flexibility index (Phi) is 8.25. The van der Waals surface area contributed by atoms with Crippen molar-refractivity contribution in [1.82, 2.24) is 5.01 Å². The molecule has 0 bridgehead atoms. The van der Waals surface area contributed by atoms with Crippen molar-refractivity contribution in [1.29, 1.82) is 0 Å². The Morgan fingerprint density at radius 2 is 1.67 bits per heavy atom. The fraction of sp³-hybridized carbons (Fsp3) is 0.864. The number of carbonyl (C=O) groups excluding carboxylic acids is 1. The number of methoxy groups -OCH3 is 3. The van der Waals surface area contributed by atoms with Gasteiger partial charge >= 0.3 is 5.97 Å². The molecule has 2 aliphatic carbocycles. The SMILES string of the molecule is COC1CCC(C2CC(C3CCC(OC)C(OC)C3)=NN2C(=O)CCC(=O)O)CC1. The fourth-order valence-corrected chi connectivity index (χ4v) is 5.37. The summed E-state index contributed by atoms with van der Waals surface area (Å²) in [6.07, 6.45) is 7.76. The maximum Gasteiger partial charge on any atom is 0.303 e. The summed E-state index contributed by atoms with van der Waals surface area (Å²) in [5, 5.41) is 15.4. The second kappa shape index (κ2) is 10.7. The van der Waals surface area contributed by atoms with Crippen molar-refractivity contribution in [3.8, 4) is 0 Å². The van der Waals surface area contributed by atoms with Gasteiger partial charge in [0.1, 0.15) is 0 Å². The minimum atomic E-state index is -0.954. The summed E-state index contributed by atoms with van der Waals surface area (Å²) in [6.45, 7) is 0. The summed E-state index contributed by atoms with van der Waals surface area (Å²) in [5.74, 6) is -0.485. The molecule has 8 heteroatoms. The second-order valence-corrected chi connectivity index (χ2v) is 8.83. The zero-order valence-corrected chi connectivity index (χ0v) is 18.4.